The van der Waals surface area contributed by atoms with Gasteiger partial charge in [0.15, 0.2) is 11.6 Å². The monoisotopic (exact) mass is 432 g/mol. The van der Waals surface area contributed by atoms with E-state index in [0.717, 1.165) is 37.3 Å². The number of pyridine rings is 2. The average molecular weight is 432 g/mol. The van der Waals surface area contributed by atoms with Crippen LogP contribution in [0, 0.1) is 5.82 Å². The summed E-state index contributed by atoms with van der Waals surface area (Å²) in [6.07, 6.45) is 11.4. The van der Waals surface area contributed by atoms with Gasteiger partial charge < -0.3 is 15.0 Å². The number of rotatable bonds is 7. The van der Waals surface area contributed by atoms with Gasteiger partial charge >= 0.3 is 0 Å². The lowest BCUT2D eigenvalue weighted by atomic mass is 10.1. The minimum Gasteiger partial charge on any atom is -0.453 e. The van der Waals surface area contributed by atoms with Crippen LogP contribution in [-0.4, -0.2) is 29.0 Å². The average Bonchev–Trinajstić information content (AvgIpc) is 2.84. The zero-order valence-corrected chi connectivity index (χ0v) is 17.7. The van der Waals surface area contributed by atoms with Crippen LogP contribution in [0.3, 0.4) is 0 Å². The molecule has 2 aromatic heterocycles. The molecule has 1 aliphatic rings. The topological polar surface area (TPSA) is 67.3 Å². The molecule has 164 valence electrons. The molecule has 1 fully saturated rings. The third kappa shape index (κ3) is 5.69. The third-order valence-corrected chi connectivity index (χ3v) is 5.22. The van der Waals surface area contributed by atoms with Crippen molar-refractivity contribution in [2.24, 2.45) is 0 Å². The van der Waals surface area contributed by atoms with Crippen LogP contribution < -0.4 is 15.0 Å². The molecular weight excluding hydrogens is 407 g/mol. The van der Waals surface area contributed by atoms with Gasteiger partial charge in [-0.15, -0.1) is 0 Å². The van der Waals surface area contributed by atoms with Gasteiger partial charge in [-0.1, -0.05) is 12.1 Å². The van der Waals surface area contributed by atoms with Gasteiger partial charge in [-0.3, -0.25) is 9.78 Å². The molecule has 7 heteroatoms. The van der Waals surface area contributed by atoms with E-state index >= 15 is 0 Å². The van der Waals surface area contributed by atoms with Crippen LogP contribution in [-0.2, 0) is 11.3 Å². The van der Waals surface area contributed by atoms with Crippen molar-refractivity contribution in [3.05, 3.63) is 84.1 Å². The molecule has 32 heavy (non-hydrogen) atoms. The molecule has 0 aliphatic carbocycles. The second kappa shape index (κ2) is 10.5. The van der Waals surface area contributed by atoms with E-state index in [2.05, 4.69) is 20.2 Å². The van der Waals surface area contributed by atoms with Gasteiger partial charge in [-0.05, 0) is 61.2 Å². The number of nitrogens with zero attached hydrogens (tertiary/aromatic N) is 3. The Kier molecular flexibility index (Phi) is 7.07. The quantitative estimate of drug-likeness (QED) is 0.547. The SMILES string of the molecule is O=C(/C=C/c1ccc(Oc2cccnc2)c(F)c1)NCc1cccnc1N1CCCCC1. The largest absolute Gasteiger partial charge is 0.453 e. The Morgan fingerprint density at radius 1 is 1.12 bits per heavy atom. The molecular formula is C25H25FN4O2. The zero-order chi connectivity index (χ0) is 22.2. The molecule has 0 unspecified atom stereocenters. The van der Waals surface area contributed by atoms with E-state index in [9.17, 15) is 9.18 Å². The van der Waals surface area contributed by atoms with Crippen LogP contribution in [0.1, 0.15) is 30.4 Å². The maximum atomic E-state index is 14.4. The third-order valence-electron chi connectivity index (χ3n) is 5.22. The summed E-state index contributed by atoms with van der Waals surface area (Å²) in [4.78, 5) is 23.0. The number of piperidine rings is 1. The number of anilines is 1. The smallest absolute Gasteiger partial charge is 0.244 e. The van der Waals surface area contributed by atoms with Crippen molar-refractivity contribution in [1.29, 1.82) is 0 Å². The maximum Gasteiger partial charge on any atom is 0.244 e. The van der Waals surface area contributed by atoms with Gasteiger partial charge in [-0.2, -0.15) is 0 Å². The molecule has 6 nitrogen and oxygen atoms in total. The van der Waals surface area contributed by atoms with Crippen molar-refractivity contribution in [2.45, 2.75) is 25.8 Å². The highest BCUT2D eigenvalue weighted by molar-refractivity contribution is 5.91. The Bertz CT molecular complexity index is 1080. The summed E-state index contributed by atoms with van der Waals surface area (Å²) in [5.74, 6) is 0.713. The summed E-state index contributed by atoms with van der Waals surface area (Å²) >= 11 is 0. The number of ether oxygens (including phenoxy) is 1. The lowest BCUT2D eigenvalue weighted by molar-refractivity contribution is -0.116. The van der Waals surface area contributed by atoms with E-state index in [0.29, 0.717) is 17.9 Å². The molecule has 1 aliphatic heterocycles. The van der Waals surface area contributed by atoms with Crippen molar-refractivity contribution in [3.63, 3.8) is 0 Å². The van der Waals surface area contributed by atoms with Crippen LogP contribution in [0.2, 0.25) is 0 Å². The van der Waals surface area contributed by atoms with Crippen LogP contribution in [0.15, 0.2) is 67.1 Å². The Labute approximate surface area is 186 Å². The molecule has 4 rings (SSSR count). The summed E-state index contributed by atoms with van der Waals surface area (Å²) in [5.41, 5.74) is 1.55. The van der Waals surface area contributed by atoms with Crippen LogP contribution in [0.5, 0.6) is 11.5 Å². The minimum atomic E-state index is -0.516. The molecule has 1 amide bonds. The lowest BCUT2D eigenvalue weighted by Gasteiger charge is -2.29. The van der Waals surface area contributed by atoms with Gasteiger partial charge in [0.1, 0.15) is 11.6 Å². The Hall–Kier alpha value is -3.74. The van der Waals surface area contributed by atoms with Crippen molar-refractivity contribution in [2.75, 3.05) is 18.0 Å². The first-order chi connectivity index (χ1) is 15.7. The zero-order valence-electron chi connectivity index (χ0n) is 17.7. The van der Waals surface area contributed by atoms with Gasteiger partial charge in [0.2, 0.25) is 5.91 Å². The number of nitrogens with one attached hydrogen (secondary N) is 1. The molecule has 0 radical (unpaired) electrons. The van der Waals surface area contributed by atoms with Crippen LogP contribution in [0.25, 0.3) is 6.08 Å². The van der Waals surface area contributed by atoms with Gasteiger partial charge in [0, 0.05) is 43.7 Å². The van der Waals surface area contributed by atoms with Gasteiger partial charge in [0.05, 0.1) is 6.20 Å². The van der Waals surface area contributed by atoms with Crippen molar-refractivity contribution < 1.29 is 13.9 Å². The van der Waals surface area contributed by atoms with E-state index in [1.807, 2.05) is 12.1 Å². The van der Waals surface area contributed by atoms with Gasteiger partial charge in [-0.25, -0.2) is 9.37 Å². The Balaban J connectivity index is 1.34. The number of carbonyl (C=O) groups excluding carboxylic acids is 1. The van der Waals surface area contributed by atoms with E-state index in [-0.39, 0.29) is 11.7 Å². The molecule has 1 saturated heterocycles. The molecule has 3 aromatic rings. The summed E-state index contributed by atoms with van der Waals surface area (Å²) in [6.45, 7) is 2.36. The predicted octanol–water partition coefficient (Wildman–Crippen LogP) is 4.73. The maximum absolute atomic E-state index is 14.4. The first kappa shape index (κ1) is 21.5. The van der Waals surface area contributed by atoms with Crippen LogP contribution >= 0.6 is 0 Å². The fraction of sp³-hybridized carbons (Fsp3) is 0.240. The van der Waals surface area contributed by atoms with E-state index in [4.69, 9.17) is 4.74 Å². The van der Waals surface area contributed by atoms with Crippen molar-refractivity contribution in [1.82, 2.24) is 15.3 Å². The lowest BCUT2D eigenvalue weighted by Crippen LogP contribution is -2.32. The molecule has 1 N–H and O–H groups in total. The minimum absolute atomic E-state index is 0.0985. The molecule has 0 saturated carbocycles. The fourth-order valence-corrected chi connectivity index (χ4v) is 3.61. The van der Waals surface area contributed by atoms with Crippen molar-refractivity contribution >= 4 is 17.8 Å². The second-order valence-corrected chi connectivity index (χ2v) is 7.57. The Morgan fingerprint density at radius 2 is 1.97 bits per heavy atom. The fourth-order valence-electron chi connectivity index (χ4n) is 3.61. The summed E-state index contributed by atoms with van der Waals surface area (Å²) in [6, 6.07) is 11.8. The predicted molar refractivity (Wildman–Crippen MR) is 122 cm³/mol. The number of amides is 1. The first-order valence-electron chi connectivity index (χ1n) is 10.7. The number of aromatic nitrogens is 2. The highest BCUT2D eigenvalue weighted by atomic mass is 19.1. The van der Waals surface area contributed by atoms with E-state index < -0.39 is 5.82 Å². The highest BCUT2D eigenvalue weighted by Crippen LogP contribution is 2.25. The Morgan fingerprint density at radius 3 is 2.75 bits per heavy atom. The number of benzene rings is 1. The second-order valence-electron chi connectivity index (χ2n) is 7.57. The molecule has 3 heterocycles. The number of carbonyl (C=O) groups is 1. The summed E-state index contributed by atoms with van der Waals surface area (Å²) in [5, 5.41) is 2.89. The number of halogens is 1. The number of hydrogen-bond acceptors (Lipinski definition) is 5. The van der Waals surface area contributed by atoms with E-state index in [1.165, 1.54) is 30.8 Å². The highest BCUT2D eigenvalue weighted by Gasteiger charge is 2.15. The first-order valence-corrected chi connectivity index (χ1v) is 10.7. The molecule has 0 spiro atoms. The van der Waals surface area contributed by atoms with Gasteiger partial charge in [0.25, 0.3) is 0 Å². The molecule has 1 aromatic carbocycles. The molecule has 0 bridgehead atoms. The summed E-state index contributed by atoms with van der Waals surface area (Å²) in [7, 11) is 0. The van der Waals surface area contributed by atoms with E-state index in [1.54, 1.807) is 36.7 Å². The van der Waals surface area contributed by atoms with Crippen molar-refractivity contribution in [3.8, 4) is 11.5 Å². The molecule has 0 atom stereocenters. The standard InChI is InChI=1S/C25H25FN4O2/c26-22-16-19(8-10-23(22)32-21-7-5-12-27-18-21)9-11-24(31)29-17-20-6-4-13-28-25(20)30-14-2-1-3-15-30/h4-13,16,18H,1-3,14-15,17H2,(H,29,31)/b11-9+. The van der Waals surface area contributed by atoms with Crippen LogP contribution in [0.4, 0.5) is 10.2 Å². The normalized spacial score (nSPS) is 13.8. The summed E-state index contributed by atoms with van der Waals surface area (Å²) < 4.78 is 19.8. The number of hydrogen-bond donors (Lipinski definition) is 1.